The van der Waals surface area contributed by atoms with Gasteiger partial charge in [0.1, 0.15) is 5.82 Å². The van der Waals surface area contributed by atoms with Gasteiger partial charge < -0.3 is 10.1 Å². The number of anilines is 1. The Kier molecular flexibility index (Phi) is 5.16. The highest BCUT2D eigenvalue weighted by Crippen LogP contribution is 2.21. The zero-order valence-electron chi connectivity index (χ0n) is 13.6. The summed E-state index contributed by atoms with van der Waals surface area (Å²) >= 11 is 0. The molecule has 0 fully saturated rings. The highest BCUT2D eigenvalue weighted by Gasteiger charge is 2.17. The summed E-state index contributed by atoms with van der Waals surface area (Å²) in [5, 5.41) is 5.65. The van der Waals surface area contributed by atoms with Gasteiger partial charge in [-0.05, 0) is 29.3 Å². The molecule has 0 spiro atoms. The number of carbonyl (C=O) groups excluding carboxylic acids is 1. The van der Waals surface area contributed by atoms with Crippen molar-refractivity contribution < 1.29 is 9.53 Å². The first-order valence-corrected chi connectivity index (χ1v) is 7.65. The van der Waals surface area contributed by atoms with Crippen LogP contribution in [0.4, 0.5) is 10.6 Å². The molecule has 2 aromatic heterocycles. The summed E-state index contributed by atoms with van der Waals surface area (Å²) < 4.78 is 4.96. The molecule has 2 amide bonds. The average Bonchev–Trinajstić information content (AvgIpc) is 2.67. The Morgan fingerprint density at radius 3 is 2.44 bits per heavy atom. The van der Waals surface area contributed by atoms with Crippen LogP contribution in [0.25, 0.3) is 0 Å². The second-order valence-corrected chi connectivity index (χ2v) is 5.15. The van der Waals surface area contributed by atoms with E-state index in [0.29, 0.717) is 5.82 Å². The fourth-order valence-electron chi connectivity index (χ4n) is 2.35. The van der Waals surface area contributed by atoms with Crippen LogP contribution in [0.5, 0.6) is 6.01 Å². The summed E-state index contributed by atoms with van der Waals surface area (Å²) in [4.78, 5) is 24.4. The minimum Gasteiger partial charge on any atom is -0.467 e. The summed E-state index contributed by atoms with van der Waals surface area (Å²) in [6.07, 6.45) is 4.90. The molecule has 2 N–H and O–H groups in total. The predicted molar refractivity (Wildman–Crippen MR) is 93.3 cm³/mol. The van der Waals surface area contributed by atoms with Crippen molar-refractivity contribution in [2.24, 2.45) is 0 Å². The Morgan fingerprint density at radius 1 is 1.00 bits per heavy atom. The second-order valence-electron chi connectivity index (χ2n) is 5.15. The van der Waals surface area contributed by atoms with E-state index in [2.05, 4.69) is 25.6 Å². The molecule has 0 aliphatic heterocycles. The van der Waals surface area contributed by atoms with Gasteiger partial charge in [0.05, 0.1) is 13.2 Å². The number of ether oxygens (including phenoxy) is 1. The number of rotatable bonds is 5. The third-order valence-corrected chi connectivity index (χ3v) is 3.51. The molecule has 3 rings (SSSR count). The van der Waals surface area contributed by atoms with Crippen LogP contribution in [-0.2, 0) is 0 Å². The lowest BCUT2D eigenvalue weighted by Gasteiger charge is -2.20. The first-order chi connectivity index (χ1) is 12.3. The van der Waals surface area contributed by atoms with Crippen molar-refractivity contribution in [3.8, 4) is 6.01 Å². The maximum atomic E-state index is 12.4. The number of hydrogen-bond acceptors (Lipinski definition) is 5. The van der Waals surface area contributed by atoms with Crippen molar-refractivity contribution >= 4 is 11.8 Å². The maximum Gasteiger partial charge on any atom is 0.321 e. The molecule has 0 radical (unpaired) electrons. The van der Waals surface area contributed by atoms with Crippen molar-refractivity contribution in [3.63, 3.8) is 0 Å². The Labute approximate surface area is 145 Å². The molecule has 7 nitrogen and oxygen atoms in total. The Balaban J connectivity index is 1.79. The molecule has 3 aromatic rings. The third-order valence-electron chi connectivity index (χ3n) is 3.51. The van der Waals surface area contributed by atoms with Gasteiger partial charge in [0.2, 0.25) is 0 Å². The van der Waals surface area contributed by atoms with Crippen molar-refractivity contribution in [2.45, 2.75) is 6.04 Å². The van der Waals surface area contributed by atoms with Gasteiger partial charge in [-0.2, -0.15) is 4.98 Å². The largest absolute Gasteiger partial charge is 0.467 e. The van der Waals surface area contributed by atoms with Crippen LogP contribution < -0.4 is 15.4 Å². The maximum absolute atomic E-state index is 12.4. The van der Waals surface area contributed by atoms with Crippen molar-refractivity contribution in [1.82, 2.24) is 20.3 Å². The van der Waals surface area contributed by atoms with Gasteiger partial charge in [-0.15, -0.1) is 0 Å². The van der Waals surface area contributed by atoms with Crippen LogP contribution in [0, 0.1) is 0 Å². The molecular weight excluding hydrogens is 318 g/mol. The van der Waals surface area contributed by atoms with Crippen LogP contribution in [0.3, 0.4) is 0 Å². The Morgan fingerprint density at radius 2 is 1.72 bits per heavy atom. The number of amides is 2. The van der Waals surface area contributed by atoms with Gasteiger partial charge in [-0.3, -0.25) is 10.3 Å². The number of hydrogen-bond donors (Lipinski definition) is 2. The van der Waals surface area contributed by atoms with E-state index in [0.717, 1.165) is 11.1 Å². The topological polar surface area (TPSA) is 89.0 Å². The van der Waals surface area contributed by atoms with E-state index in [-0.39, 0.29) is 18.1 Å². The Bertz CT molecular complexity index is 788. The van der Waals surface area contributed by atoms with E-state index in [1.54, 1.807) is 18.5 Å². The first kappa shape index (κ1) is 16.4. The lowest BCUT2D eigenvalue weighted by Crippen LogP contribution is -2.33. The van der Waals surface area contributed by atoms with Gasteiger partial charge >= 0.3 is 12.0 Å². The van der Waals surface area contributed by atoms with Crippen molar-refractivity contribution in [3.05, 3.63) is 78.2 Å². The van der Waals surface area contributed by atoms with E-state index < -0.39 is 0 Å². The minimum atomic E-state index is -0.383. The number of aromatic nitrogens is 3. The number of nitrogens with one attached hydrogen (secondary N) is 2. The molecule has 0 saturated heterocycles. The third kappa shape index (κ3) is 4.29. The molecule has 7 heteroatoms. The average molecular weight is 335 g/mol. The van der Waals surface area contributed by atoms with E-state index >= 15 is 0 Å². The lowest BCUT2D eigenvalue weighted by atomic mass is 10.00. The predicted octanol–water partition coefficient (Wildman–Crippen LogP) is 2.79. The van der Waals surface area contributed by atoms with Gasteiger partial charge in [0, 0.05) is 18.6 Å². The molecule has 0 bridgehead atoms. The van der Waals surface area contributed by atoms with Gasteiger partial charge in [0.15, 0.2) is 0 Å². The van der Waals surface area contributed by atoms with Gasteiger partial charge in [0.25, 0.3) is 0 Å². The fraction of sp³-hybridized carbons (Fsp3) is 0.111. The van der Waals surface area contributed by atoms with Gasteiger partial charge in [-0.25, -0.2) is 9.78 Å². The van der Waals surface area contributed by atoms with E-state index in [4.69, 9.17) is 4.74 Å². The molecule has 0 aliphatic carbocycles. The zero-order chi connectivity index (χ0) is 17.5. The summed E-state index contributed by atoms with van der Waals surface area (Å²) in [6, 6.07) is 14.5. The summed E-state index contributed by atoms with van der Waals surface area (Å²) in [5.41, 5.74) is 1.89. The van der Waals surface area contributed by atoms with E-state index in [9.17, 15) is 4.79 Å². The van der Waals surface area contributed by atoms with Crippen LogP contribution in [0.2, 0.25) is 0 Å². The molecule has 0 saturated carbocycles. The summed E-state index contributed by atoms with van der Waals surface area (Å²) in [6.45, 7) is 0. The van der Waals surface area contributed by atoms with Crippen molar-refractivity contribution in [2.75, 3.05) is 12.4 Å². The monoisotopic (exact) mass is 335 g/mol. The molecule has 0 aliphatic rings. The number of urea groups is 1. The molecule has 1 atom stereocenters. The van der Waals surface area contributed by atoms with Crippen LogP contribution in [-0.4, -0.2) is 28.1 Å². The fourth-order valence-corrected chi connectivity index (χ4v) is 2.35. The standard InChI is InChI=1S/C18H17N5O2/c1-25-18-20-12-9-15(22-18)21-17(24)23-16(13-5-3-2-4-6-13)14-7-10-19-11-8-14/h2-12,16H,1H3,(H2,20,21,22,23,24)/t16-/m1/s1. The van der Waals surface area contributed by atoms with Crippen LogP contribution in [0.1, 0.15) is 17.2 Å². The zero-order valence-corrected chi connectivity index (χ0v) is 13.6. The molecule has 126 valence electrons. The quantitative estimate of drug-likeness (QED) is 0.748. The highest BCUT2D eigenvalue weighted by atomic mass is 16.5. The van der Waals surface area contributed by atoms with E-state index in [1.165, 1.54) is 13.3 Å². The molecule has 25 heavy (non-hydrogen) atoms. The highest BCUT2D eigenvalue weighted by molar-refractivity contribution is 5.88. The number of nitrogens with zero attached hydrogens (tertiary/aromatic N) is 3. The summed E-state index contributed by atoms with van der Waals surface area (Å²) in [7, 11) is 1.47. The van der Waals surface area contributed by atoms with E-state index in [1.807, 2.05) is 42.5 Å². The molecule has 2 heterocycles. The number of carbonyl (C=O) groups is 1. The van der Waals surface area contributed by atoms with Crippen LogP contribution >= 0.6 is 0 Å². The van der Waals surface area contributed by atoms with Crippen LogP contribution in [0.15, 0.2) is 67.1 Å². The lowest BCUT2D eigenvalue weighted by molar-refractivity contribution is 0.250. The molecule has 1 aromatic carbocycles. The molecule has 0 unspecified atom stereocenters. The SMILES string of the molecule is COc1nccc(NC(=O)N[C@H](c2ccccc2)c2ccncc2)n1. The summed E-state index contributed by atoms with van der Waals surface area (Å²) in [5.74, 6) is 0.353. The Hall–Kier alpha value is -3.48. The first-order valence-electron chi connectivity index (χ1n) is 7.65. The van der Waals surface area contributed by atoms with Gasteiger partial charge in [-0.1, -0.05) is 30.3 Å². The molecular formula is C18H17N5O2. The second kappa shape index (κ2) is 7.87. The van der Waals surface area contributed by atoms with Crippen molar-refractivity contribution in [1.29, 1.82) is 0 Å². The number of pyridine rings is 1. The number of benzene rings is 1. The smallest absolute Gasteiger partial charge is 0.321 e. The number of methoxy groups -OCH3 is 1. The minimum absolute atomic E-state index is 0.187. The normalized spacial score (nSPS) is 11.4.